The number of para-hydroxylation sites is 2. The van der Waals surface area contributed by atoms with Crippen LogP contribution in [-0.4, -0.2) is 29.1 Å². The lowest BCUT2D eigenvalue weighted by atomic mass is 10.1. The van der Waals surface area contributed by atoms with Gasteiger partial charge >= 0.3 is 0 Å². The second-order valence-corrected chi connectivity index (χ2v) is 7.81. The van der Waals surface area contributed by atoms with Gasteiger partial charge in [-0.15, -0.1) is 0 Å². The summed E-state index contributed by atoms with van der Waals surface area (Å²) in [5, 5.41) is 5.53. The van der Waals surface area contributed by atoms with Gasteiger partial charge in [0.2, 0.25) is 0 Å². The molecule has 6 aromatic rings. The van der Waals surface area contributed by atoms with Crippen LogP contribution in [0.5, 0.6) is 0 Å². The second-order valence-electron chi connectivity index (χ2n) is 7.81. The Morgan fingerprint density at radius 1 is 0.967 bits per heavy atom. The van der Waals surface area contributed by atoms with Gasteiger partial charge in [-0.05, 0) is 49.2 Å². The van der Waals surface area contributed by atoms with Gasteiger partial charge in [-0.2, -0.15) is 5.10 Å². The molecule has 0 bridgehead atoms. The third-order valence-corrected chi connectivity index (χ3v) is 5.95. The number of imidazole rings is 1. The first-order valence-corrected chi connectivity index (χ1v) is 9.94. The van der Waals surface area contributed by atoms with Crippen LogP contribution in [0.4, 0.5) is 0 Å². The molecule has 4 aromatic heterocycles. The highest BCUT2D eigenvalue weighted by Crippen LogP contribution is 2.33. The van der Waals surface area contributed by atoms with Crippen LogP contribution in [0, 0.1) is 13.8 Å². The van der Waals surface area contributed by atoms with Crippen LogP contribution < -0.4 is 0 Å². The van der Waals surface area contributed by atoms with Crippen molar-refractivity contribution in [1.82, 2.24) is 29.1 Å². The summed E-state index contributed by atoms with van der Waals surface area (Å²) in [7, 11) is 2.07. The summed E-state index contributed by atoms with van der Waals surface area (Å²) in [5.41, 5.74) is 9.75. The third-order valence-electron chi connectivity index (χ3n) is 5.95. The average Bonchev–Trinajstić information content (AvgIpc) is 3.44. The molecule has 0 amide bonds. The fourth-order valence-electron chi connectivity index (χ4n) is 4.40. The number of nitrogens with zero attached hydrogens (tertiary/aromatic N) is 5. The van der Waals surface area contributed by atoms with Gasteiger partial charge in [0.15, 0.2) is 5.65 Å². The molecule has 6 nitrogen and oxygen atoms in total. The van der Waals surface area contributed by atoms with Crippen molar-refractivity contribution in [2.24, 2.45) is 7.05 Å². The lowest BCUT2D eigenvalue weighted by Crippen LogP contribution is -1.93. The van der Waals surface area contributed by atoms with Crippen LogP contribution in [0.3, 0.4) is 0 Å². The first-order valence-electron chi connectivity index (χ1n) is 9.94. The normalized spacial score (nSPS) is 11.8. The smallest absolute Gasteiger partial charge is 0.158 e. The maximum Gasteiger partial charge on any atom is 0.158 e. The third kappa shape index (κ3) is 2.33. The Morgan fingerprint density at radius 2 is 1.83 bits per heavy atom. The number of nitrogens with one attached hydrogen (secondary N) is 1. The molecule has 2 aromatic carbocycles. The Hall–Kier alpha value is -3.93. The van der Waals surface area contributed by atoms with Crippen LogP contribution in [0.1, 0.15) is 11.1 Å². The highest BCUT2D eigenvalue weighted by Gasteiger charge is 2.15. The Balaban J connectivity index is 1.53. The minimum atomic E-state index is 0.886. The van der Waals surface area contributed by atoms with E-state index in [2.05, 4.69) is 76.9 Å². The molecule has 0 atom stereocenters. The van der Waals surface area contributed by atoms with Crippen molar-refractivity contribution in [3.8, 4) is 22.6 Å². The van der Waals surface area contributed by atoms with Crippen LogP contribution >= 0.6 is 0 Å². The first-order chi connectivity index (χ1) is 14.6. The number of rotatable bonds is 2. The predicted octanol–water partition coefficient (Wildman–Crippen LogP) is 5.05. The maximum absolute atomic E-state index is 4.85. The Labute approximate surface area is 172 Å². The molecule has 0 aliphatic heterocycles. The number of hydrogen-bond donors (Lipinski definition) is 1. The highest BCUT2D eigenvalue weighted by molar-refractivity contribution is 5.93. The van der Waals surface area contributed by atoms with Crippen LogP contribution in [0.2, 0.25) is 0 Å². The summed E-state index contributed by atoms with van der Waals surface area (Å²) in [4.78, 5) is 12.8. The van der Waals surface area contributed by atoms with Crippen molar-refractivity contribution >= 4 is 27.6 Å². The van der Waals surface area contributed by atoms with Crippen LogP contribution in [0.15, 0.2) is 61.1 Å². The van der Waals surface area contributed by atoms with Gasteiger partial charge < -0.3 is 9.55 Å². The van der Waals surface area contributed by atoms with Crippen molar-refractivity contribution in [3.63, 3.8) is 0 Å². The number of aromatic nitrogens is 6. The number of aryl methyl sites for hydroxylation is 3. The molecule has 0 aliphatic carbocycles. The number of fused-ring (bicyclic) bond motifs is 3. The number of benzene rings is 2. The highest BCUT2D eigenvalue weighted by atomic mass is 15.3. The molecule has 4 heterocycles. The van der Waals surface area contributed by atoms with E-state index in [1.165, 1.54) is 10.9 Å². The molecule has 0 saturated heterocycles. The Bertz CT molecular complexity index is 1580. The SMILES string of the molecule is Cc1c(-c2cc(C)c3ncnn3c2)[nH]c2cc(-c3nc4ccccc4n3C)ccc12. The van der Waals surface area contributed by atoms with E-state index in [4.69, 9.17) is 4.98 Å². The van der Waals surface area contributed by atoms with Gasteiger partial charge in [-0.25, -0.2) is 14.5 Å². The van der Waals surface area contributed by atoms with E-state index in [0.29, 0.717) is 0 Å². The average molecular weight is 392 g/mol. The molecule has 1 N–H and O–H groups in total. The second kappa shape index (κ2) is 6.03. The summed E-state index contributed by atoms with van der Waals surface area (Å²) < 4.78 is 3.98. The lowest BCUT2D eigenvalue weighted by molar-refractivity contribution is 0.956. The van der Waals surface area contributed by atoms with Crippen LogP contribution in [-0.2, 0) is 7.05 Å². The topological polar surface area (TPSA) is 63.8 Å². The minimum Gasteiger partial charge on any atom is -0.354 e. The minimum absolute atomic E-state index is 0.886. The molecule has 6 rings (SSSR count). The fourth-order valence-corrected chi connectivity index (χ4v) is 4.40. The summed E-state index contributed by atoms with van der Waals surface area (Å²) in [5.74, 6) is 0.965. The van der Waals surface area contributed by atoms with Crippen molar-refractivity contribution in [2.75, 3.05) is 0 Å². The molecule has 0 fully saturated rings. The number of H-pyrrole nitrogens is 1. The zero-order valence-corrected chi connectivity index (χ0v) is 17.0. The van der Waals surface area contributed by atoms with E-state index in [9.17, 15) is 0 Å². The molecule has 30 heavy (non-hydrogen) atoms. The summed E-state index contributed by atoms with van der Waals surface area (Å²) >= 11 is 0. The van der Waals surface area contributed by atoms with E-state index in [1.807, 2.05) is 22.8 Å². The van der Waals surface area contributed by atoms with E-state index in [-0.39, 0.29) is 0 Å². The van der Waals surface area contributed by atoms with E-state index in [0.717, 1.165) is 50.4 Å². The Morgan fingerprint density at radius 3 is 2.70 bits per heavy atom. The molecular weight excluding hydrogens is 372 g/mol. The molecule has 0 saturated carbocycles. The van der Waals surface area contributed by atoms with Crippen LogP contribution in [0.25, 0.3) is 50.2 Å². The van der Waals surface area contributed by atoms with Crippen molar-refractivity contribution in [2.45, 2.75) is 13.8 Å². The zero-order valence-electron chi connectivity index (χ0n) is 17.0. The van der Waals surface area contributed by atoms with Crippen molar-refractivity contribution in [1.29, 1.82) is 0 Å². The van der Waals surface area contributed by atoms with E-state index >= 15 is 0 Å². The lowest BCUT2D eigenvalue weighted by Gasteiger charge is -2.04. The molecular formula is C24H20N6. The Kier molecular flexibility index (Phi) is 3.41. The van der Waals surface area contributed by atoms with Gasteiger partial charge in [-0.1, -0.05) is 24.3 Å². The molecule has 0 aliphatic rings. The van der Waals surface area contributed by atoms with E-state index < -0.39 is 0 Å². The largest absolute Gasteiger partial charge is 0.354 e. The summed E-state index contributed by atoms with van der Waals surface area (Å²) in [6.07, 6.45) is 3.62. The summed E-state index contributed by atoms with van der Waals surface area (Å²) in [6.45, 7) is 4.22. The van der Waals surface area contributed by atoms with Gasteiger partial charge in [-0.3, -0.25) is 0 Å². The van der Waals surface area contributed by atoms with Gasteiger partial charge in [0.1, 0.15) is 12.2 Å². The molecule has 0 radical (unpaired) electrons. The number of aromatic amines is 1. The molecule has 0 spiro atoms. The molecule has 0 unspecified atom stereocenters. The summed E-state index contributed by atoms with van der Waals surface area (Å²) in [6, 6.07) is 16.9. The van der Waals surface area contributed by atoms with Crippen molar-refractivity contribution in [3.05, 3.63) is 72.2 Å². The quantitative estimate of drug-likeness (QED) is 0.449. The molecule has 6 heteroatoms. The monoisotopic (exact) mass is 392 g/mol. The predicted molar refractivity (Wildman–Crippen MR) is 119 cm³/mol. The number of pyridine rings is 1. The fraction of sp³-hybridized carbons (Fsp3) is 0.125. The van der Waals surface area contributed by atoms with Gasteiger partial charge in [0, 0.05) is 35.3 Å². The molecule has 146 valence electrons. The van der Waals surface area contributed by atoms with E-state index in [1.54, 1.807) is 6.33 Å². The first kappa shape index (κ1) is 17.0. The van der Waals surface area contributed by atoms with Gasteiger partial charge in [0.05, 0.1) is 16.7 Å². The maximum atomic E-state index is 4.85. The van der Waals surface area contributed by atoms with Gasteiger partial charge in [0.25, 0.3) is 0 Å². The van der Waals surface area contributed by atoms with Crippen molar-refractivity contribution < 1.29 is 0 Å². The number of hydrogen-bond acceptors (Lipinski definition) is 3. The zero-order chi connectivity index (χ0) is 20.4. The standard InChI is InChI=1S/C24H20N6/c1-14-10-17(12-30-23(14)25-13-26-30)22-15(2)18-9-8-16(11-20(18)27-22)24-28-19-6-4-5-7-21(19)29(24)3/h4-13,27H,1-3H3.